The average Bonchev–Trinajstić information content (AvgIpc) is 2.74. The van der Waals surface area contributed by atoms with Gasteiger partial charge in [-0.05, 0) is 29.7 Å². The summed E-state index contributed by atoms with van der Waals surface area (Å²) in [5.74, 6) is 0.713. The first-order valence-corrected chi connectivity index (χ1v) is 6.15. The molecule has 0 aliphatic rings. The van der Waals surface area contributed by atoms with Crippen LogP contribution in [0.3, 0.4) is 0 Å². The van der Waals surface area contributed by atoms with Gasteiger partial charge >= 0.3 is 6.18 Å². The molecule has 0 fully saturated rings. The molecule has 0 amide bonds. The number of hydrogen-bond acceptors (Lipinski definition) is 3. The first-order chi connectivity index (χ1) is 9.15. The van der Waals surface area contributed by atoms with Crippen molar-refractivity contribution in [2.24, 2.45) is 5.41 Å². The number of benzene rings is 1. The molecule has 6 heteroatoms. The van der Waals surface area contributed by atoms with E-state index >= 15 is 0 Å². The molecule has 2 rings (SSSR count). The molecule has 1 heterocycles. The summed E-state index contributed by atoms with van der Waals surface area (Å²) in [7, 11) is 0. The predicted molar refractivity (Wildman–Crippen MR) is 67.9 cm³/mol. The molecule has 0 aliphatic carbocycles. The summed E-state index contributed by atoms with van der Waals surface area (Å²) in [5.41, 5.74) is -0.217. The lowest BCUT2D eigenvalue weighted by Crippen LogP contribution is -2.09. The number of hydrogen-bond donors (Lipinski definition) is 0. The van der Waals surface area contributed by atoms with Gasteiger partial charge in [0, 0.05) is 12.0 Å². The summed E-state index contributed by atoms with van der Waals surface area (Å²) >= 11 is 0. The largest absolute Gasteiger partial charge is 0.421 e. The summed E-state index contributed by atoms with van der Waals surface area (Å²) in [5, 5.41) is 7.77. The highest BCUT2D eigenvalue weighted by Crippen LogP contribution is 2.31. The Bertz CT molecular complexity index is 580. The number of rotatable bonds is 2. The maximum atomic E-state index is 12.5. The van der Waals surface area contributed by atoms with Crippen molar-refractivity contribution in [3.05, 3.63) is 35.7 Å². The zero-order valence-electron chi connectivity index (χ0n) is 11.5. The van der Waals surface area contributed by atoms with Crippen molar-refractivity contribution in [3.8, 4) is 11.5 Å². The average molecular weight is 284 g/mol. The fourth-order valence-corrected chi connectivity index (χ4v) is 1.70. The van der Waals surface area contributed by atoms with Crippen LogP contribution in [0.15, 0.2) is 28.7 Å². The van der Waals surface area contributed by atoms with Crippen LogP contribution in [0.5, 0.6) is 0 Å². The second kappa shape index (κ2) is 4.92. The molecule has 0 radical (unpaired) electrons. The summed E-state index contributed by atoms with van der Waals surface area (Å²) < 4.78 is 42.8. The van der Waals surface area contributed by atoms with E-state index in [1.165, 1.54) is 12.1 Å². The molecular weight excluding hydrogens is 269 g/mol. The predicted octanol–water partition coefficient (Wildman–Crippen LogP) is 4.34. The van der Waals surface area contributed by atoms with E-state index in [0.29, 0.717) is 17.9 Å². The molecule has 0 N–H and O–H groups in total. The van der Waals surface area contributed by atoms with E-state index < -0.39 is 11.7 Å². The number of halogens is 3. The van der Waals surface area contributed by atoms with E-state index in [2.05, 4.69) is 10.2 Å². The molecule has 0 saturated heterocycles. The third kappa shape index (κ3) is 3.59. The van der Waals surface area contributed by atoms with E-state index in [-0.39, 0.29) is 11.3 Å². The van der Waals surface area contributed by atoms with E-state index in [1.54, 1.807) is 0 Å². The highest BCUT2D eigenvalue weighted by Gasteiger charge is 2.30. The van der Waals surface area contributed by atoms with Crippen LogP contribution in [0.2, 0.25) is 0 Å². The maximum Gasteiger partial charge on any atom is 0.416 e. The van der Waals surface area contributed by atoms with Gasteiger partial charge in [0.1, 0.15) is 0 Å². The van der Waals surface area contributed by atoms with Gasteiger partial charge in [0.05, 0.1) is 5.56 Å². The molecule has 2 aromatic rings. The number of aromatic nitrogens is 2. The second-order valence-corrected chi connectivity index (χ2v) is 5.81. The van der Waals surface area contributed by atoms with E-state index in [9.17, 15) is 13.2 Å². The van der Waals surface area contributed by atoms with Crippen molar-refractivity contribution in [1.82, 2.24) is 10.2 Å². The summed E-state index contributed by atoms with van der Waals surface area (Å²) in [4.78, 5) is 0. The molecule has 108 valence electrons. The molecule has 0 aliphatic heterocycles. The van der Waals surface area contributed by atoms with Crippen LogP contribution in [0.25, 0.3) is 11.5 Å². The maximum absolute atomic E-state index is 12.5. The van der Waals surface area contributed by atoms with Crippen molar-refractivity contribution >= 4 is 0 Å². The minimum atomic E-state index is -4.34. The van der Waals surface area contributed by atoms with Gasteiger partial charge in [-0.15, -0.1) is 10.2 Å². The number of nitrogens with zero attached hydrogens (tertiary/aromatic N) is 2. The highest BCUT2D eigenvalue weighted by atomic mass is 19.4. The van der Waals surface area contributed by atoms with E-state index in [0.717, 1.165) is 12.1 Å². The van der Waals surface area contributed by atoms with Gasteiger partial charge in [0.15, 0.2) is 0 Å². The fourth-order valence-electron chi connectivity index (χ4n) is 1.70. The van der Waals surface area contributed by atoms with Crippen molar-refractivity contribution < 1.29 is 17.6 Å². The molecule has 20 heavy (non-hydrogen) atoms. The number of alkyl halides is 3. The fraction of sp³-hybridized carbons (Fsp3) is 0.429. The van der Waals surface area contributed by atoms with Crippen LogP contribution >= 0.6 is 0 Å². The van der Waals surface area contributed by atoms with Crippen LogP contribution in [-0.2, 0) is 12.6 Å². The van der Waals surface area contributed by atoms with Crippen LogP contribution in [-0.4, -0.2) is 10.2 Å². The van der Waals surface area contributed by atoms with Crippen LogP contribution < -0.4 is 0 Å². The zero-order valence-corrected chi connectivity index (χ0v) is 11.5. The Morgan fingerprint density at radius 2 is 1.60 bits per heavy atom. The molecule has 0 spiro atoms. The topological polar surface area (TPSA) is 38.9 Å². The molecule has 1 aromatic heterocycles. The van der Waals surface area contributed by atoms with Crippen LogP contribution in [0.1, 0.15) is 32.2 Å². The van der Waals surface area contributed by atoms with Gasteiger partial charge in [-0.3, -0.25) is 0 Å². The monoisotopic (exact) mass is 284 g/mol. The highest BCUT2D eigenvalue weighted by molar-refractivity contribution is 5.53. The van der Waals surface area contributed by atoms with Crippen molar-refractivity contribution in [1.29, 1.82) is 0 Å². The third-order valence-corrected chi connectivity index (χ3v) is 2.61. The van der Waals surface area contributed by atoms with Gasteiger partial charge in [0.25, 0.3) is 0 Å². The third-order valence-electron chi connectivity index (χ3n) is 2.61. The molecule has 0 unspecified atom stereocenters. The zero-order chi connectivity index (χ0) is 15.0. The molecule has 0 atom stereocenters. The molecule has 1 aromatic carbocycles. The molecule has 3 nitrogen and oxygen atoms in total. The summed E-state index contributed by atoms with van der Waals surface area (Å²) in [6.07, 6.45) is -3.73. The van der Waals surface area contributed by atoms with Gasteiger partial charge < -0.3 is 4.42 Å². The van der Waals surface area contributed by atoms with Crippen LogP contribution in [0, 0.1) is 5.41 Å². The first kappa shape index (κ1) is 14.6. The van der Waals surface area contributed by atoms with Gasteiger partial charge in [-0.2, -0.15) is 13.2 Å². The first-order valence-electron chi connectivity index (χ1n) is 6.15. The Morgan fingerprint density at radius 3 is 2.10 bits per heavy atom. The Kier molecular flexibility index (Phi) is 3.58. The summed E-state index contributed by atoms with van der Waals surface area (Å²) in [6.45, 7) is 6.11. The Morgan fingerprint density at radius 1 is 1.00 bits per heavy atom. The lowest BCUT2D eigenvalue weighted by molar-refractivity contribution is -0.137. The molecule has 0 saturated carbocycles. The van der Waals surface area contributed by atoms with Crippen molar-refractivity contribution in [2.45, 2.75) is 33.4 Å². The lowest BCUT2D eigenvalue weighted by atomic mass is 9.92. The van der Waals surface area contributed by atoms with Gasteiger partial charge in [-0.1, -0.05) is 20.8 Å². The van der Waals surface area contributed by atoms with E-state index in [4.69, 9.17) is 4.42 Å². The van der Waals surface area contributed by atoms with Crippen molar-refractivity contribution in [2.75, 3.05) is 0 Å². The summed E-state index contributed by atoms with van der Waals surface area (Å²) in [6, 6.07) is 4.67. The van der Waals surface area contributed by atoms with Gasteiger partial charge in [-0.25, -0.2) is 0 Å². The Balaban J connectivity index is 2.20. The quantitative estimate of drug-likeness (QED) is 0.823. The minimum absolute atomic E-state index is 0.00391. The van der Waals surface area contributed by atoms with Crippen molar-refractivity contribution in [3.63, 3.8) is 0 Å². The van der Waals surface area contributed by atoms with E-state index in [1.807, 2.05) is 20.8 Å². The molecule has 0 bridgehead atoms. The standard InChI is InChI=1S/C14H15F3N2O/c1-13(2,3)8-11-18-19-12(20-11)9-4-6-10(7-5-9)14(15,16)17/h4-7H,8H2,1-3H3. The minimum Gasteiger partial charge on any atom is -0.421 e. The Hall–Kier alpha value is -1.85. The lowest BCUT2D eigenvalue weighted by Gasteiger charge is -2.14. The van der Waals surface area contributed by atoms with Gasteiger partial charge in [0.2, 0.25) is 11.8 Å². The SMILES string of the molecule is CC(C)(C)Cc1nnc(-c2ccc(C(F)(F)F)cc2)o1. The molecular formula is C14H15F3N2O. The smallest absolute Gasteiger partial charge is 0.416 e. The van der Waals surface area contributed by atoms with Crippen LogP contribution in [0.4, 0.5) is 13.2 Å². The Labute approximate surface area is 114 Å². The second-order valence-electron chi connectivity index (χ2n) is 5.81. The normalized spacial score (nSPS) is 12.7.